The molecule has 1 N–H and O–H groups in total. The topological polar surface area (TPSA) is 103 Å². The number of halogens is 3. The monoisotopic (exact) mass is 618 g/mol. The summed E-state index contributed by atoms with van der Waals surface area (Å²) in [5, 5.41) is 3.05. The summed E-state index contributed by atoms with van der Waals surface area (Å²) in [4.78, 5) is 39.4. The molecule has 12 heteroatoms. The second kappa shape index (κ2) is 10.6. The Labute approximate surface area is 234 Å². The van der Waals surface area contributed by atoms with Crippen LogP contribution in [0, 0.1) is 0 Å². The molecule has 38 heavy (non-hydrogen) atoms. The van der Waals surface area contributed by atoms with Gasteiger partial charge in [0.2, 0.25) is 6.79 Å². The van der Waals surface area contributed by atoms with Gasteiger partial charge < -0.3 is 18.9 Å². The second-order valence-corrected chi connectivity index (χ2v) is 9.73. The molecule has 0 aliphatic carbocycles. The summed E-state index contributed by atoms with van der Waals surface area (Å²) < 4.78 is 22.5. The molecule has 9 nitrogen and oxygen atoms in total. The van der Waals surface area contributed by atoms with Gasteiger partial charge in [0.1, 0.15) is 12.2 Å². The molecule has 0 spiro atoms. The largest absolute Gasteiger partial charge is 0.493 e. The van der Waals surface area contributed by atoms with E-state index in [-0.39, 0.29) is 24.7 Å². The highest BCUT2D eigenvalue weighted by Crippen LogP contribution is 2.38. The molecule has 2 heterocycles. The van der Waals surface area contributed by atoms with Gasteiger partial charge in [-0.2, -0.15) is 0 Å². The van der Waals surface area contributed by atoms with E-state index in [1.165, 1.54) is 25.3 Å². The molecule has 5 rings (SSSR count). The van der Waals surface area contributed by atoms with Gasteiger partial charge in [0.05, 0.1) is 22.8 Å². The molecule has 0 aromatic heterocycles. The Morgan fingerprint density at radius 3 is 2.55 bits per heavy atom. The van der Waals surface area contributed by atoms with Crippen LogP contribution in [0.2, 0.25) is 10.0 Å². The molecule has 3 aromatic carbocycles. The van der Waals surface area contributed by atoms with Gasteiger partial charge in [0.15, 0.2) is 23.0 Å². The number of nitrogens with zero attached hydrogens (tertiary/aromatic N) is 1. The number of barbiturate groups is 1. The van der Waals surface area contributed by atoms with Gasteiger partial charge in [-0.3, -0.25) is 14.9 Å². The van der Waals surface area contributed by atoms with Crippen LogP contribution in [0.3, 0.4) is 0 Å². The Balaban J connectivity index is 1.43. The van der Waals surface area contributed by atoms with Gasteiger partial charge in [0.25, 0.3) is 11.8 Å². The first-order valence-corrected chi connectivity index (χ1v) is 12.6. The van der Waals surface area contributed by atoms with E-state index in [1.54, 1.807) is 36.4 Å². The fraction of sp³-hybridized carbons (Fsp3) is 0.115. The lowest BCUT2D eigenvalue weighted by molar-refractivity contribution is -0.122. The zero-order valence-electron chi connectivity index (χ0n) is 19.5. The molecule has 194 valence electrons. The van der Waals surface area contributed by atoms with E-state index >= 15 is 0 Å². The fourth-order valence-electron chi connectivity index (χ4n) is 3.80. The predicted octanol–water partition coefficient (Wildman–Crippen LogP) is 5.74. The first kappa shape index (κ1) is 25.9. The fourth-order valence-corrected chi connectivity index (χ4v) is 4.55. The van der Waals surface area contributed by atoms with Crippen molar-refractivity contribution in [2.24, 2.45) is 0 Å². The number of anilines is 1. The zero-order chi connectivity index (χ0) is 27.0. The highest BCUT2D eigenvalue weighted by Gasteiger charge is 2.37. The van der Waals surface area contributed by atoms with E-state index in [9.17, 15) is 14.4 Å². The maximum atomic E-state index is 13.3. The highest BCUT2D eigenvalue weighted by atomic mass is 79.9. The molecule has 3 aromatic rings. The van der Waals surface area contributed by atoms with Crippen molar-refractivity contribution in [1.82, 2.24) is 5.32 Å². The quantitative estimate of drug-likeness (QED) is 0.277. The summed E-state index contributed by atoms with van der Waals surface area (Å²) in [6.45, 7) is 0.221. The van der Waals surface area contributed by atoms with E-state index in [0.29, 0.717) is 43.1 Å². The third-order valence-electron chi connectivity index (χ3n) is 5.68. The number of carbonyl (C=O) groups excluding carboxylic acids is 3. The van der Waals surface area contributed by atoms with Crippen molar-refractivity contribution in [3.05, 3.63) is 79.7 Å². The van der Waals surface area contributed by atoms with Crippen molar-refractivity contribution >= 4 is 68.7 Å². The van der Waals surface area contributed by atoms with Gasteiger partial charge in [-0.25, -0.2) is 9.69 Å². The summed E-state index contributed by atoms with van der Waals surface area (Å²) in [6, 6.07) is 12.1. The van der Waals surface area contributed by atoms with Crippen molar-refractivity contribution in [3.8, 4) is 23.0 Å². The Morgan fingerprint density at radius 1 is 1.00 bits per heavy atom. The normalized spacial score (nSPS) is 15.6. The molecule has 0 unspecified atom stereocenters. The first-order valence-electron chi connectivity index (χ1n) is 11.0. The molecule has 0 bridgehead atoms. The molecule has 0 saturated carbocycles. The van der Waals surface area contributed by atoms with E-state index in [0.717, 1.165) is 10.5 Å². The SMILES string of the molecule is COc1cc(/C=C2\C(=O)NC(=O)N(c3ccc4c(c3)OCO4)C2=O)c(Br)cc1OCc1ccc(Cl)c(Cl)c1. The summed E-state index contributed by atoms with van der Waals surface area (Å²) in [7, 11) is 1.46. The van der Waals surface area contributed by atoms with Gasteiger partial charge in [-0.15, -0.1) is 0 Å². The van der Waals surface area contributed by atoms with E-state index in [2.05, 4.69) is 21.2 Å². The molecule has 1 fully saturated rings. The number of ether oxygens (including phenoxy) is 4. The summed E-state index contributed by atoms with van der Waals surface area (Å²) >= 11 is 15.5. The van der Waals surface area contributed by atoms with Crippen molar-refractivity contribution < 1.29 is 33.3 Å². The highest BCUT2D eigenvalue weighted by molar-refractivity contribution is 9.10. The zero-order valence-corrected chi connectivity index (χ0v) is 22.6. The second-order valence-electron chi connectivity index (χ2n) is 8.06. The molecular weight excluding hydrogens is 603 g/mol. The summed E-state index contributed by atoms with van der Waals surface area (Å²) in [6.07, 6.45) is 1.36. The van der Waals surface area contributed by atoms with Crippen LogP contribution in [0.25, 0.3) is 6.08 Å². The van der Waals surface area contributed by atoms with Gasteiger partial charge in [-0.05, 0) is 53.6 Å². The molecule has 4 amide bonds. The Hall–Kier alpha value is -3.73. The molecular formula is C26H17BrCl2N2O7. The van der Waals surface area contributed by atoms with Crippen LogP contribution in [-0.4, -0.2) is 31.7 Å². The van der Waals surface area contributed by atoms with Crippen molar-refractivity contribution in [1.29, 1.82) is 0 Å². The standard InChI is InChI=1S/C26H17BrCl2N2O7/c1-35-21-8-14(17(27)10-23(21)36-11-13-2-4-18(28)19(29)6-13)7-16-24(32)30-26(34)31(25(16)33)15-3-5-20-22(9-15)38-12-37-20/h2-10H,11-12H2,1H3,(H,30,32,34)/b16-7+. The number of hydrogen-bond acceptors (Lipinski definition) is 7. The maximum Gasteiger partial charge on any atom is 0.335 e. The van der Waals surface area contributed by atoms with Crippen molar-refractivity contribution in [2.75, 3.05) is 18.8 Å². The number of methoxy groups -OCH3 is 1. The minimum absolute atomic E-state index is 0.0333. The Kier molecular flexibility index (Phi) is 7.20. The minimum Gasteiger partial charge on any atom is -0.493 e. The molecule has 0 atom stereocenters. The summed E-state index contributed by atoms with van der Waals surface area (Å²) in [5.74, 6) is 0.000294. The third-order valence-corrected chi connectivity index (χ3v) is 7.10. The van der Waals surface area contributed by atoms with Crippen LogP contribution in [0.4, 0.5) is 10.5 Å². The minimum atomic E-state index is -0.876. The number of rotatable bonds is 6. The Morgan fingerprint density at radius 2 is 1.79 bits per heavy atom. The van der Waals surface area contributed by atoms with Crippen molar-refractivity contribution in [2.45, 2.75) is 6.61 Å². The van der Waals surface area contributed by atoms with Crippen LogP contribution in [0.1, 0.15) is 11.1 Å². The van der Waals surface area contributed by atoms with Crippen LogP contribution in [-0.2, 0) is 16.2 Å². The molecule has 2 aliphatic heterocycles. The predicted molar refractivity (Wildman–Crippen MR) is 143 cm³/mol. The average Bonchev–Trinajstić information content (AvgIpc) is 3.36. The first-order chi connectivity index (χ1) is 18.2. The van der Waals surface area contributed by atoms with Crippen LogP contribution in [0.15, 0.2) is 58.6 Å². The number of carbonyl (C=O) groups is 3. The van der Waals surface area contributed by atoms with Crippen LogP contribution < -0.4 is 29.2 Å². The number of benzene rings is 3. The molecule has 1 saturated heterocycles. The number of hydrogen-bond donors (Lipinski definition) is 1. The lowest BCUT2D eigenvalue weighted by Gasteiger charge is -2.26. The number of imide groups is 2. The number of urea groups is 1. The number of nitrogens with one attached hydrogen (secondary N) is 1. The Bertz CT molecular complexity index is 1530. The summed E-state index contributed by atoms with van der Waals surface area (Å²) in [5.41, 5.74) is 1.20. The van der Waals surface area contributed by atoms with Crippen LogP contribution >= 0.6 is 39.1 Å². The molecule has 0 radical (unpaired) electrons. The van der Waals surface area contributed by atoms with Gasteiger partial charge >= 0.3 is 6.03 Å². The number of fused-ring (bicyclic) bond motifs is 1. The lowest BCUT2D eigenvalue weighted by atomic mass is 10.1. The van der Waals surface area contributed by atoms with Crippen LogP contribution in [0.5, 0.6) is 23.0 Å². The van der Waals surface area contributed by atoms with Gasteiger partial charge in [0, 0.05) is 10.5 Å². The maximum absolute atomic E-state index is 13.3. The van der Waals surface area contributed by atoms with Crippen molar-refractivity contribution in [3.63, 3.8) is 0 Å². The van der Waals surface area contributed by atoms with Gasteiger partial charge in [-0.1, -0.05) is 45.2 Å². The van der Waals surface area contributed by atoms with E-state index in [4.69, 9.17) is 42.1 Å². The van der Waals surface area contributed by atoms with E-state index in [1.807, 2.05) is 0 Å². The van der Waals surface area contributed by atoms with E-state index < -0.39 is 17.8 Å². The molecule has 2 aliphatic rings. The third kappa shape index (κ3) is 5.02. The lowest BCUT2D eigenvalue weighted by Crippen LogP contribution is -2.54. The smallest absolute Gasteiger partial charge is 0.335 e. The average molecular weight is 620 g/mol. The number of amides is 4.